The van der Waals surface area contributed by atoms with Crippen molar-refractivity contribution in [3.63, 3.8) is 0 Å². The van der Waals surface area contributed by atoms with E-state index in [-0.39, 0.29) is 0 Å². The lowest BCUT2D eigenvalue weighted by molar-refractivity contribution is -0.237. The molecule has 56 valence electrons. The highest BCUT2D eigenvalue weighted by molar-refractivity contribution is 4.65. The molecule has 0 aliphatic rings. The van der Waals surface area contributed by atoms with E-state index in [9.17, 15) is 0 Å². The Morgan fingerprint density at radius 2 is 2.11 bits per heavy atom. The van der Waals surface area contributed by atoms with Gasteiger partial charge in [-0.05, 0) is 20.8 Å². The molecule has 0 fully saturated rings. The van der Waals surface area contributed by atoms with E-state index < -0.39 is 11.9 Å². The normalized spacial score (nSPS) is 21.0. The number of rotatable bonds is 3. The fraction of sp³-hybridized carbons (Fsp3) is 1.00. The maximum atomic E-state index is 9.12. The third kappa shape index (κ3) is 2.79. The van der Waals surface area contributed by atoms with E-state index in [1.807, 2.05) is 0 Å². The summed E-state index contributed by atoms with van der Waals surface area (Å²) in [6, 6.07) is 0. The molecule has 0 aromatic carbocycles. The molecule has 9 heavy (non-hydrogen) atoms. The van der Waals surface area contributed by atoms with Crippen molar-refractivity contribution in [2.24, 2.45) is 0 Å². The van der Waals surface area contributed by atoms with Crippen molar-refractivity contribution in [2.75, 3.05) is 6.61 Å². The van der Waals surface area contributed by atoms with Crippen molar-refractivity contribution in [3.05, 3.63) is 0 Å². The smallest absolute Gasteiger partial charge is 0.188 e. The van der Waals surface area contributed by atoms with Gasteiger partial charge in [0.05, 0.1) is 0 Å². The fourth-order valence-corrected chi connectivity index (χ4v) is 0.413. The van der Waals surface area contributed by atoms with Gasteiger partial charge in [-0.2, -0.15) is 0 Å². The molecule has 0 aliphatic heterocycles. The van der Waals surface area contributed by atoms with Crippen molar-refractivity contribution in [2.45, 2.75) is 32.7 Å². The zero-order valence-electron chi connectivity index (χ0n) is 6.09. The molecule has 0 aromatic heterocycles. The first-order valence-corrected chi connectivity index (χ1v) is 3.05. The van der Waals surface area contributed by atoms with Crippen molar-refractivity contribution in [3.8, 4) is 0 Å². The van der Waals surface area contributed by atoms with Gasteiger partial charge in [-0.15, -0.1) is 0 Å². The molecule has 0 amide bonds. The highest BCUT2D eigenvalue weighted by atomic mass is 16.6. The Morgan fingerprint density at radius 1 is 1.67 bits per heavy atom. The van der Waals surface area contributed by atoms with E-state index in [4.69, 9.17) is 14.9 Å². The van der Waals surface area contributed by atoms with Gasteiger partial charge >= 0.3 is 0 Å². The van der Waals surface area contributed by atoms with E-state index in [0.717, 1.165) is 0 Å². The van der Waals surface area contributed by atoms with Crippen LogP contribution in [-0.4, -0.2) is 28.7 Å². The first kappa shape index (κ1) is 8.88. The average molecular weight is 134 g/mol. The Hall–Kier alpha value is -0.120. The lowest BCUT2D eigenvalue weighted by Gasteiger charge is -2.25. The molecular formula is C6H14O3. The number of hydrogen-bond donors (Lipinski definition) is 2. The Kier molecular flexibility index (Phi) is 3.11. The third-order valence-electron chi connectivity index (χ3n) is 1.21. The lowest BCUT2D eigenvalue weighted by atomic mass is 10.2. The highest BCUT2D eigenvalue weighted by Crippen LogP contribution is 2.09. The summed E-state index contributed by atoms with van der Waals surface area (Å²) in [5.74, 6) is -1.39. The second kappa shape index (κ2) is 3.15. The van der Waals surface area contributed by atoms with Crippen LogP contribution < -0.4 is 0 Å². The Bertz CT molecular complexity index is 78.4. The van der Waals surface area contributed by atoms with Gasteiger partial charge in [-0.25, -0.2) is 0 Å². The Morgan fingerprint density at radius 3 is 2.22 bits per heavy atom. The third-order valence-corrected chi connectivity index (χ3v) is 1.21. The van der Waals surface area contributed by atoms with Crippen LogP contribution in [0.3, 0.4) is 0 Å². The second-order valence-corrected chi connectivity index (χ2v) is 2.16. The molecule has 0 rings (SSSR count). The Balaban J connectivity index is 3.70. The summed E-state index contributed by atoms with van der Waals surface area (Å²) < 4.78 is 4.80. The summed E-state index contributed by atoms with van der Waals surface area (Å²) in [4.78, 5) is 0. The van der Waals surface area contributed by atoms with Crippen LogP contribution >= 0.6 is 0 Å². The van der Waals surface area contributed by atoms with E-state index >= 15 is 0 Å². The molecule has 0 bridgehead atoms. The molecule has 0 aromatic rings. The van der Waals surface area contributed by atoms with E-state index in [1.54, 1.807) is 6.92 Å². The van der Waals surface area contributed by atoms with Gasteiger partial charge in [-0.3, -0.25) is 0 Å². The van der Waals surface area contributed by atoms with Crippen LogP contribution in [0.1, 0.15) is 20.8 Å². The van der Waals surface area contributed by atoms with Crippen LogP contribution in [0.5, 0.6) is 0 Å². The summed E-state index contributed by atoms with van der Waals surface area (Å²) in [5, 5.41) is 18.0. The molecular weight excluding hydrogens is 120 g/mol. The maximum absolute atomic E-state index is 9.12. The minimum Gasteiger partial charge on any atom is -0.388 e. The first-order valence-electron chi connectivity index (χ1n) is 3.05. The molecule has 0 saturated heterocycles. The van der Waals surface area contributed by atoms with Gasteiger partial charge in [0.25, 0.3) is 0 Å². The van der Waals surface area contributed by atoms with Gasteiger partial charge in [0, 0.05) is 6.61 Å². The minimum atomic E-state index is -1.39. The van der Waals surface area contributed by atoms with Crippen LogP contribution in [0.4, 0.5) is 0 Å². The number of aliphatic hydroxyl groups excluding tert-OH is 1. The monoisotopic (exact) mass is 134 g/mol. The van der Waals surface area contributed by atoms with Crippen molar-refractivity contribution < 1.29 is 14.9 Å². The first-order chi connectivity index (χ1) is 4.00. The van der Waals surface area contributed by atoms with Gasteiger partial charge < -0.3 is 14.9 Å². The van der Waals surface area contributed by atoms with E-state index in [1.165, 1.54) is 13.8 Å². The predicted octanol–water partition coefficient (Wildman–Crippen LogP) is 0.112. The standard InChI is InChI=1S/C6H14O3/c1-4-9-6(3,8)5(2)7/h5,7-8H,4H2,1-3H3. The van der Waals surface area contributed by atoms with Gasteiger partial charge in [0.15, 0.2) is 5.79 Å². The molecule has 0 saturated carbocycles. The van der Waals surface area contributed by atoms with Crippen LogP contribution in [0, 0.1) is 0 Å². The van der Waals surface area contributed by atoms with E-state index in [0.29, 0.717) is 6.61 Å². The molecule has 2 N–H and O–H groups in total. The quantitative estimate of drug-likeness (QED) is 0.539. The molecule has 0 radical (unpaired) electrons. The highest BCUT2D eigenvalue weighted by Gasteiger charge is 2.26. The SMILES string of the molecule is CCOC(C)(O)C(C)O. The van der Waals surface area contributed by atoms with Crippen LogP contribution in [0.15, 0.2) is 0 Å². The zero-order valence-corrected chi connectivity index (χ0v) is 6.09. The maximum Gasteiger partial charge on any atom is 0.188 e. The molecule has 2 atom stereocenters. The molecule has 0 spiro atoms. The summed E-state index contributed by atoms with van der Waals surface area (Å²) in [7, 11) is 0. The molecule has 0 aliphatic carbocycles. The van der Waals surface area contributed by atoms with Crippen LogP contribution in [0.25, 0.3) is 0 Å². The molecule has 0 heterocycles. The van der Waals surface area contributed by atoms with Crippen LogP contribution in [-0.2, 0) is 4.74 Å². The van der Waals surface area contributed by atoms with Gasteiger partial charge in [0.1, 0.15) is 6.10 Å². The van der Waals surface area contributed by atoms with Gasteiger partial charge in [-0.1, -0.05) is 0 Å². The average Bonchev–Trinajstić information content (AvgIpc) is 1.65. The van der Waals surface area contributed by atoms with Gasteiger partial charge in [0.2, 0.25) is 0 Å². The number of hydrogen-bond acceptors (Lipinski definition) is 3. The second-order valence-electron chi connectivity index (χ2n) is 2.16. The fourth-order valence-electron chi connectivity index (χ4n) is 0.413. The number of ether oxygens (including phenoxy) is 1. The van der Waals surface area contributed by atoms with E-state index in [2.05, 4.69) is 0 Å². The largest absolute Gasteiger partial charge is 0.388 e. The van der Waals surface area contributed by atoms with Crippen molar-refractivity contribution >= 4 is 0 Å². The zero-order chi connectivity index (χ0) is 7.49. The Labute approximate surface area is 55.3 Å². The summed E-state index contributed by atoms with van der Waals surface area (Å²) in [6.07, 6.45) is -0.850. The molecule has 3 heteroatoms. The summed E-state index contributed by atoms with van der Waals surface area (Å²) >= 11 is 0. The topological polar surface area (TPSA) is 49.7 Å². The number of aliphatic hydroxyl groups is 2. The van der Waals surface area contributed by atoms with Crippen molar-refractivity contribution in [1.82, 2.24) is 0 Å². The molecule has 2 unspecified atom stereocenters. The minimum absolute atomic E-state index is 0.401. The predicted molar refractivity (Wildman–Crippen MR) is 33.9 cm³/mol. The summed E-state index contributed by atoms with van der Waals surface area (Å²) in [5.41, 5.74) is 0. The molecule has 3 nitrogen and oxygen atoms in total. The lowest BCUT2D eigenvalue weighted by Crippen LogP contribution is -2.39. The van der Waals surface area contributed by atoms with Crippen molar-refractivity contribution in [1.29, 1.82) is 0 Å². The van der Waals surface area contributed by atoms with Crippen LogP contribution in [0.2, 0.25) is 0 Å². The summed E-state index contributed by atoms with van der Waals surface area (Å²) in [6.45, 7) is 5.07.